The van der Waals surface area contributed by atoms with E-state index in [1.54, 1.807) is 19.1 Å². The molecule has 1 aliphatic heterocycles. The number of hydrogen-bond donors (Lipinski definition) is 1. The van der Waals surface area contributed by atoms with Crippen molar-refractivity contribution < 1.29 is 23.4 Å². The molecule has 0 radical (unpaired) electrons. The molecule has 2 aromatic rings. The molecule has 1 N–H and O–H groups in total. The number of rotatable bonds is 7. The molecule has 0 saturated carbocycles. The molecule has 0 aliphatic carbocycles. The summed E-state index contributed by atoms with van der Waals surface area (Å²) in [7, 11) is 4.44. The van der Waals surface area contributed by atoms with Gasteiger partial charge < -0.3 is 19.1 Å². The molecule has 30 heavy (non-hydrogen) atoms. The van der Waals surface area contributed by atoms with E-state index >= 15 is 0 Å². The second-order valence-electron chi connectivity index (χ2n) is 6.91. The summed E-state index contributed by atoms with van der Waals surface area (Å²) in [5.74, 6) is 0.372. The highest BCUT2D eigenvalue weighted by Crippen LogP contribution is 2.38. The van der Waals surface area contributed by atoms with Gasteiger partial charge in [0.1, 0.15) is 5.82 Å². The minimum Gasteiger partial charge on any atom is -0.493 e. The summed E-state index contributed by atoms with van der Waals surface area (Å²) in [5, 5.41) is 4.12. The second kappa shape index (κ2) is 9.47. The van der Waals surface area contributed by atoms with Crippen LogP contribution in [-0.2, 0) is 0 Å². The van der Waals surface area contributed by atoms with Crippen molar-refractivity contribution in [3.8, 4) is 17.2 Å². The number of hydrazone groups is 1. The summed E-state index contributed by atoms with van der Waals surface area (Å²) in [6.07, 6.45) is 2.16. The lowest BCUT2D eigenvalue weighted by molar-refractivity contribution is 0.0954. The minimum atomic E-state index is -0.456. The van der Waals surface area contributed by atoms with Crippen molar-refractivity contribution in [1.29, 1.82) is 0 Å². The van der Waals surface area contributed by atoms with Gasteiger partial charge in [0.25, 0.3) is 5.91 Å². The number of methoxy groups -OCH3 is 3. The van der Waals surface area contributed by atoms with Gasteiger partial charge in [-0.1, -0.05) is 6.07 Å². The predicted molar refractivity (Wildman–Crippen MR) is 114 cm³/mol. The number of hydrogen-bond acceptors (Lipinski definition) is 6. The zero-order valence-corrected chi connectivity index (χ0v) is 17.6. The lowest BCUT2D eigenvalue weighted by Crippen LogP contribution is -2.20. The summed E-state index contributed by atoms with van der Waals surface area (Å²) in [6, 6.07) is 8.08. The van der Waals surface area contributed by atoms with E-state index in [0.29, 0.717) is 34.2 Å². The first-order valence-electron chi connectivity index (χ1n) is 9.68. The summed E-state index contributed by atoms with van der Waals surface area (Å²) < 4.78 is 30.3. The van der Waals surface area contributed by atoms with Gasteiger partial charge in [-0.2, -0.15) is 5.10 Å². The number of amides is 1. The molecule has 1 heterocycles. The molecule has 1 saturated heterocycles. The maximum atomic E-state index is 14.5. The molecular weight excluding hydrogens is 389 g/mol. The molecule has 1 fully saturated rings. The largest absolute Gasteiger partial charge is 0.493 e. The smallest absolute Gasteiger partial charge is 0.271 e. The van der Waals surface area contributed by atoms with Gasteiger partial charge in [-0.15, -0.1) is 0 Å². The third-order valence-electron chi connectivity index (χ3n) is 5.06. The van der Waals surface area contributed by atoms with Gasteiger partial charge in [0.2, 0.25) is 5.75 Å². The van der Waals surface area contributed by atoms with Crippen LogP contribution in [0.15, 0.2) is 35.4 Å². The first-order valence-corrected chi connectivity index (χ1v) is 9.68. The first-order chi connectivity index (χ1) is 14.5. The van der Waals surface area contributed by atoms with Crippen LogP contribution in [0, 0.1) is 5.82 Å². The molecule has 1 amide bonds. The third kappa shape index (κ3) is 4.48. The second-order valence-corrected chi connectivity index (χ2v) is 6.91. The Balaban J connectivity index is 1.76. The van der Waals surface area contributed by atoms with E-state index < -0.39 is 5.91 Å². The summed E-state index contributed by atoms with van der Waals surface area (Å²) in [6.45, 7) is 3.45. The molecule has 1 aliphatic rings. The van der Waals surface area contributed by atoms with Crippen molar-refractivity contribution in [2.75, 3.05) is 39.3 Å². The molecular formula is C22H26FN3O4. The van der Waals surface area contributed by atoms with E-state index in [1.165, 1.54) is 39.5 Å². The predicted octanol–water partition coefficient (Wildman–Crippen LogP) is 3.61. The SMILES string of the molecule is COc1cc(C(=O)N/N=C(/C)c2ccc(N3CCCC3)c(F)c2)cc(OC)c1OC. The van der Waals surface area contributed by atoms with Crippen molar-refractivity contribution in [3.63, 3.8) is 0 Å². The zero-order valence-electron chi connectivity index (χ0n) is 17.6. The molecule has 0 aromatic heterocycles. The van der Waals surface area contributed by atoms with Crippen LogP contribution in [0.5, 0.6) is 17.2 Å². The third-order valence-corrected chi connectivity index (χ3v) is 5.06. The van der Waals surface area contributed by atoms with Crippen molar-refractivity contribution in [1.82, 2.24) is 5.43 Å². The van der Waals surface area contributed by atoms with Gasteiger partial charge in [0, 0.05) is 24.2 Å². The van der Waals surface area contributed by atoms with Crippen LogP contribution in [0.4, 0.5) is 10.1 Å². The average molecular weight is 415 g/mol. The molecule has 0 spiro atoms. The number of nitrogens with one attached hydrogen (secondary N) is 1. The van der Waals surface area contributed by atoms with Crippen LogP contribution < -0.4 is 24.5 Å². The maximum Gasteiger partial charge on any atom is 0.271 e. The minimum absolute atomic E-state index is 0.289. The number of anilines is 1. The summed E-state index contributed by atoms with van der Waals surface area (Å²) in [5.41, 5.74) is 4.47. The Kier molecular flexibility index (Phi) is 6.76. The first kappa shape index (κ1) is 21.4. The number of nitrogens with zero attached hydrogens (tertiary/aromatic N) is 2. The summed E-state index contributed by atoms with van der Waals surface area (Å²) in [4.78, 5) is 14.6. The van der Waals surface area contributed by atoms with Crippen LogP contribution in [0.2, 0.25) is 0 Å². The molecule has 0 atom stereocenters. The highest BCUT2D eigenvalue weighted by atomic mass is 19.1. The van der Waals surface area contributed by atoms with Gasteiger partial charge in [-0.05, 0) is 44.0 Å². The van der Waals surface area contributed by atoms with E-state index in [2.05, 4.69) is 10.5 Å². The fourth-order valence-corrected chi connectivity index (χ4v) is 3.42. The van der Waals surface area contributed by atoms with Crippen LogP contribution in [0.1, 0.15) is 35.7 Å². The summed E-state index contributed by atoms with van der Waals surface area (Å²) >= 11 is 0. The molecule has 2 aromatic carbocycles. The van der Waals surface area contributed by atoms with E-state index in [4.69, 9.17) is 14.2 Å². The number of benzene rings is 2. The van der Waals surface area contributed by atoms with Crippen LogP contribution in [0.25, 0.3) is 0 Å². The number of ether oxygens (including phenoxy) is 3. The van der Waals surface area contributed by atoms with E-state index in [9.17, 15) is 9.18 Å². The number of halogens is 1. The van der Waals surface area contributed by atoms with Crippen LogP contribution >= 0.6 is 0 Å². The van der Waals surface area contributed by atoms with Crippen molar-refractivity contribution >= 4 is 17.3 Å². The quantitative estimate of drug-likeness (QED) is 0.553. The molecule has 8 heteroatoms. The average Bonchev–Trinajstić information content (AvgIpc) is 3.30. The Labute approximate surface area is 175 Å². The van der Waals surface area contributed by atoms with E-state index in [0.717, 1.165) is 25.9 Å². The Morgan fingerprint density at radius 2 is 1.63 bits per heavy atom. The topological polar surface area (TPSA) is 72.4 Å². The fourth-order valence-electron chi connectivity index (χ4n) is 3.42. The molecule has 160 valence electrons. The van der Waals surface area contributed by atoms with Crippen molar-refractivity contribution in [2.45, 2.75) is 19.8 Å². The Morgan fingerprint density at radius 3 is 2.17 bits per heavy atom. The van der Waals surface area contributed by atoms with Gasteiger partial charge in [-0.3, -0.25) is 4.79 Å². The monoisotopic (exact) mass is 415 g/mol. The lowest BCUT2D eigenvalue weighted by atomic mass is 10.1. The van der Waals surface area contributed by atoms with Crippen molar-refractivity contribution in [2.24, 2.45) is 5.10 Å². The number of carbonyl (C=O) groups excluding carboxylic acids is 1. The fraction of sp³-hybridized carbons (Fsp3) is 0.364. The molecule has 0 unspecified atom stereocenters. The lowest BCUT2D eigenvalue weighted by Gasteiger charge is -2.18. The molecule has 0 bridgehead atoms. The number of carbonyl (C=O) groups is 1. The van der Waals surface area contributed by atoms with E-state index in [-0.39, 0.29) is 11.4 Å². The Bertz CT molecular complexity index is 930. The Hall–Kier alpha value is -3.29. The normalized spacial score (nSPS) is 13.9. The van der Waals surface area contributed by atoms with Gasteiger partial charge in [0.15, 0.2) is 11.5 Å². The van der Waals surface area contributed by atoms with Crippen molar-refractivity contribution in [3.05, 3.63) is 47.3 Å². The van der Waals surface area contributed by atoms with Crippen LogP contribution in [0.3, 0.4) is 0 Å². The van der Waals surface area contributed by atoms with Gasteiger partial charge >= 0.3 is 0 Å². The van der Waals surface area contributed by atoms with E-state index in [1.807, 2.05) is 4.90 Å². The standard InChI is InChI=1S/C22H26FN3O4/c1-14(15-7-8-18(17(23)11-15)26-9-5-6-10-26)24-25-22(27)16-12-19(28-2)21(30-4)20(13-16)29-3/h7-8,11-13H,5-6,9-10H2,1-4H3,(H,25,27)/b24-14-. The Morgan fingerprint density at radius 1 is 1.00 bits per heavy atom. The maximum absolute atomic E-state index is 14.5. The zero-order chi connectivity index (χ0) is 21.7. The highest BCUT2D eigenvalue weighted by molar-refractivity contribution is 6.01. The molecule has 7 nitrogen and oxygen atoms in total. The van der Waals surface area contributed by atoms with Crippen LogP contribution in [-0.4, -0.2) is 46.0 Å². The van der Waals surface area contributed by atoms with Gasteiger partial charge in [0.05, 0.1) is 32.7 Å². The van der Waals surface area contributed by atoms with Gasteiger partial charge in [-0.25, -0.2) is 9.82 Å². The molecule has 3 rings (SSSR count). The highest BCUT2D eigenvalue weighted by Gasteiger charge is 2.18.